The van der Waals surface area contributed by atoms with Gasteiger partial charge in [-0.3, -0.25) is 14.4 Å². The van der Waals surface area contributed by atoms with Crippen LogP contribution < -0.4 is 0 Å². The number of hydrogen-bond donors (Lipinski definition) is 1. The van der Waals surface area contributed by atoms with Crippen molar-refractivity contribution in [2.45, 2.75) is 114 Å². The lowest BCUT2D eigenvalue weighted by Crippen LogP contribution is -2.61. The molecule has 1 spiro atoms. The number of allylic oxidation sites excluding steroid dienone is 1. The number of hydrogen-bond acceptors (Lipinski definition) is 6. The van der Waals surface area contributed by atoms with Gasteiger partial charge in [0.05, 0.1) is 23.2 Å². The van der Waals surface area contributed by atoms with E-state index in [9.17, 15) is 19.5 Å². The van der Waals surface area contributed by atoms with Crippen LogP contribution in [0.15, 0.2) is 25.3 Å². The maximum absolute atomic E-state index is 14.8. The van der Waals surface area contributed by atoms with E-state index >= 15 is 0 Å². The van der Waals surface area contributed by atoms with E-state index in [1.54, 1.807) is 22.7 Å². The van der Waals surface area contributed by atoms with Gasteiger partial charge >= 0.3 is 5.97 Å². The van der Waals surface area contributed by atoms with Gasteiger partial charge in [0.1, 0.15) is 6.04 Å². The van der Waals surface area contributed by atoms with E-state index < -0.39 is 28.2 Å². The summed E-state index contributed by atoms with van der Waals surface area (Å²) in [5.41, 5.74) is -0.466. The average Bonchev–Trinajstić information content (AvgIpc) is 3.46. The number of thioether (sulfide) groups is 1. The Kier molecular flexibility index (Phi) is 11.2. The number of carbonyl (C=O) groups is 3. The molecule has 3 fully saturated rings. The number of rotatable bonds is 16. The quantitative estimate of drug-likeness (QED) is 0.143. The summed E-state index contributed by atoms with van der Waals surface area (Å²) in [5.74, 6) is -1.42. The van der Waals surface area contributed by atoms with E-state index in [-0.39, 0.29) is 41.0 Å². The van der Waals surface area contributed by atoms with Gasteiger partial charge in [-0.2, -0.15) is 0 Å². The summed E-state index contributed by atoms with van der Waals surface area (Å²) in [4.78, 5) is 46.4. The molecule has 0 radical (unpaired) electrons. The average molecular weight is 591 g/mol. The minimum Gasteiger partial charge on any atom is -0.465 e. The van der Waals surface area contributed by atoms with E-state index in [2.05, 4.69) is 54.7 Å². The summed E-state index contributed by atoms with van der Waals surface area (Å²) in [7, 11) is 0. The maximum atomic E-state index is 14.8. The lowest BCUT2D eigenvalue weighted by atomic mass is 9.66. The molecular formula is C33H54N2O5S. The molecule has 3 saturated heterocycles. The van der Waals surface area contributed by atoms with Crippen molar-refractivity contribution in [3.05, 3.63) is 25.3 Å². The van der Waals surface area contributed by atoms with Crippen molar-refractivity contribution in [3.8, 4) is 0 Å². The number of ether oxygens (including phenoxy) is 1. The first kappa shape index (κ1) is 33.7. The molecule has 3 heterocycles. The van der Waals surface area contributed by atoms with Gasteiger partial charge in [0.25, 0.3) is 0 Å². The molecule has 3 aliphatic rings. The second-order valence-electron chi connectivity index (χ2n) is 14.1. The van der Waals surface area contributed by atoms with E-state index in [0.717, 1.165) is 38.5 Å². The standard InChI is InChI=1S/C33H54N2O5S/c1-9-11-12-16-20-40-30(39)25-24-21-23(3)33(41-24)26(25)28(37)34(18-14-13-15-19-36)27(33)29(38)35(17-10-2)32(7,8)22-31(4,5)6/h9-10,23-27,36H,1-2,11-22H2,3-8H3/t23?,24-,25+,26+,27?,33?/m1/s1. The minimum absolute atomic E-state index is 0.00607. The molecule has 41 heavy (non-hydrogen) atoms. The number of likely N-dealkylation sites (tertiary alicyclic amines) is 1. The molecule has 2 amide bonds. The first-order valence-corrected chi connectivity index (χ1v) is 16.4. The zero-order valence-corrected chi connectivity index (χ0v) is 27.1. The number of amides is 2. The number of carbonyl (C=O) groups excluding carboxylic acids is 3. The van der Waals surface area contributed by atoms with Crippen LogP contribution in [0.5, 0.6) is 0 Å². The van der Waals surface area contributed by atoms with Gasteiger partial charge in [0.2, 0.25) is 11.8 Å². The Morgan fingerprint density at radius 2 is 1.83 bits per heavy atom. The van der Waals surface area contributed by atoms with E-state index in [0.29, 0.717) is 32.5 Å². The van der Waals surface area contributed by atoms with Crippen LogP contribution in [0.2, 0.25) is 0 Å². The largest absolute Gasteiger partial charge is 0.465 e. The molecule has 0 saturated carbocycles. The van der Waals surface area contributed by atoms with Crippen LogP contribution in [0.4, 0.5) is 0 Å². The maximum Gasteiger partial charge on any atom is 0.310 e. The Morgan fingerprint density at radius 3 is 2.44 bits per heavy atom. The highest BCUT2D eigenvalue weighted by Gasteiger charge is 2.76. The predicted octanol–water partition coefficient (Wildman–Crippen LogP) is 5.62. The summed E-state index contributed by atoms with van der Waals surface area (Å²) in [5, 5.41) is 9.29. The fourth-order valence-electron chi connectivity index (χ4n) is 7.84. The molecule has 3 unspecified atom stereocenters. The third-order valence-electron chi connectivity index (χ3n) is 9.13. The molecule has 8 heteroatoms. The Labute approximate surface area is 252 Å². The molecule has 0 aromatic heterocycles. The van der Waals surface area contributed by atoms with Gasteiger partial charge in [-0.1, -0.05) is 39.8 Å². The van der Waals surface area contributed by atoms with Crippen LogP contribution in [0, 0.1) is 23.2 Å². The molecule has 3 rings (SSSR count). The van der Waals surface area contributed by atoms with Crippen molar-refractivity contribution < 1.29 is 24.2 Å². The summed E-state index contributed by atoms with van der Waals surface area (Å²) >= 11 is 1.70. The normalized spacial score (nSPS) is 29.0. The fraction of sp³-hybridized carbons (Fsp3) is 0.788. The number of fused-ring (bicyclic) bond motifs is 1. The second-order valence-corrected chi connectivity index (χ2v) is 15.7. The van der Waals surface area contributed by atoms with Crippen molar-refractivity contribution in [2.24, 2.45) is 23.2 Å². The van der Waals surface area contributed by atoms with Gasteiger partial charge in [-0.25, -0.2) is 0 Å². The van der Waals surface area contributed by atoms with Gasteiger partial charge in [0.15, 0.2) is 0 Å². The van der Waals surface area contributed by atoms with Crippen LogP contribution in [0.1, 0.15) is 92.9 Å². The van der Waals surface area contributed by atoms with Crippen molar-refractivity contribution >= 4 is 29.5 Å². The van der Waals surface area contributed by atoms with Crippen LogP contribution >= 0.6 is 11.8 Å². The Hall–Kier alpha value is -1.80. The second kappa shape index (κ2) is 13.7. The first-order valence-electron chi connectivity index (χ1n) is 15.6. The number of aliphatic hydroxyl groups excluding tert-OH is 1. The fourth-order valence-corrected chi connectivity index (χ4v) is 10.2. The Bertz CT molecular complexity index is 975. The lowest BCUT2D eigenvalue weighted by molar-refractivity contribution is -0.154. The van der Waals surface area contributed by atoms with Crippen LogP contribution in [-0.4, -0.2) is 80.6 Å². The van der Waals surface area contributed by atoms with Crippen LogP contribution in [-0.2, 0) is 19.1 Å². The zero-order valence-electron chi connectivity index (χ0n) is 26.3. The van der Waals surface area contributed by atoms with Crippen LogP contribution in [0.3, 0.4) is 0 Å². The topological polar surface area (TPSA) is 87.1 Å². The molecular weight excluding hydrogens is 536 g/mol. The monoisotopic (exact) mass is 590 g/mol. The highest BCUT2D eigenvalue weighted by molar-refractivity contribution is 8.02. The molecule has 7 nitrogen and oxygen atoms in total. The molecule has 0 aromatic carbocycles. The Balaban J connectivity index is 1.99. The number of unbranched alkanes of at least 4 members (excludes halogenated alkanes) is 4. The van der Waals surface area contributed by atoms with E-state index in [1.807, 2.05) is 11.0 Å². The number of esters is 1. The van der Waals surface area contributed by atoms with E-state index in [4.69, 9.17) is 4.74 Å². The van der Waals surface area contributed by atoms with Gasteiger partial charge in [-0.05, 0) is 76.5 Å². The molecule has 3 aliphatic heterocycles. The van der Waals surface area contributed by atoms with Crippen molar-refractivity contribution in [1.82, 2.24) is 9.80 Å². The molecule has 232 valence electrons. The smallest absolute Gasteiger partial charge is 0.310 e. The third-order valence-corrected chi connectivity index (χ3v) is 11.2. The number of nitrogens with zero attached hydrogens (tertiary/aromatic N) is 2. The van der Waals surface area contributed by atoms with Crippen molar-refractivity contribution in [2.75, 3.05) is 26.3 Å². The van der Waals surface area contributed by atoms with Crippen molar-refractivity contribution in [3.63, 3.8) is 0 Å². The molecule has 0 aromatic rings. The summed E-state index contributed by atoms with van der Waals surface area (Å²) in [6.07, 6.45) is 9.90. The summed E-state index contributed by atoms with van der Waals surface area (Å²) in [6, 6.07) is -0.649. The van der Waals surface area contributed by atoms with Crippen LogP contribution in [0.25, 0.3) is 0 Å². The first-order chi connectivity index (χ1) is 19.3. The highest BCUT2D eigenvalue weighted by atomic mass is 32.2. The van der Waals surface area contributed by atoms with Gasteiger partial charge in [-0.15, -0.1) is 24.9 Å². The van der Waals surface area contributed by atoms with Crippen molar-refractivity contribution in [1.29, 1.82) is 0 Å². The highest BCUT2D eigenvalue weighted by Crippen LogP contribution is 2.69. The molecule has 6 atom stereocenters. The SMILES string of the molecule is C=CCCCCOC(=O)[C@@H]1[C@H]2C(=O)N(CCCCCO)C(C(=O)N(CC=C)C(C)(C)CC(C)(C)C)C23S[C@@H]1CC3C. The molecule has 0 aliphatic carbocycles. The summed E-state index contributed by atoms with van der Waals surface area (Å²) < 4.78 is 5.09. The van der Waals surface area contributed by atoms with Gasteiger partial charge in [0, 0.05) is 30.5 Å². The Morgan fingerprint density at radius 1 is 1.12 bits per heavy atom. The predicted molar refractivity (Wildman–Crippen MR) is 166 cm³/mol. The zero-order chi connectivity index (χ0) is 30.6. The number of aliphatic hydroxyl groups is 1. The lowest BCUT2D eigenvalue weighted by Gasteiger charge is -2.46. The van der Waals surface area contributed by atoms with Gasteiger partial charge < -0.3 is 19.6 Å². The third kappa shape index (κ3) is 6.90. The summed E-state index contributed by atoms with van der Waals surface area (Å²) in [6.45, 7) is 21.9. The van der Waals surface area contributed by atoms with E-state index in [1.165, 1.54) is 0 Å². The molecule has 1 N–H and O–H groups in total. The molecule has 2 bridgehead atoms. The minimum atomic E-state index is -0.667.